The summed E-state index contributed by atoms with van der Waals surface area (Å²) in [5, 5.41) is 5.99. The van der Waals surface area contributed by atoms with Crippen LogP contribution in [0.2, 0.25) is 0 Å². The van der Waals surface area contributed by atoms with E-state index >= 15 is 0 Å². The number of ether oxygens (including phenoxy) is 1. The topological polar surface area (TPSA) is 67.4 Å². The molecule has 0 unspecified atom stereocenters. The van der Waals surface area contributed by atoms with Crippen LogP contribution in [0, 0.1) is 5.41 Å². The fourth-order valence-electron chi connectivity index (χ4n) is 3.10. The van der Waals surface area contributed by atoms with Gasteiger partial charge < -0.3 is 15.4 Å². The summed E-state index contributed by atoms with van der Waals surface area (Å²) in [5.41, 5.74) is 2.89. The summed E-state index contributed by atoms with van der Waals surface area (Å²) in [5.74, 6) is 1.27. The molecule has 0 fully saturated rings. The Morgan fingerprint density at radius 2 is 1.67 bits per heavy atom. The average Bonchev–Trinajstić information content (AvgIpc) is 2.81. The van der Waals surface area contributed by atoms with E-state index in [0.29, 0.717) is 17.9 Å². The molecular formula is C27H30N2O3S. The number of hydrogen-bond donors (Lipinski definition) is 2. The molecule has 3 aromatic carbocycles. The van der Waals surface area contributed by atoms with Gasteiger partial charge in [-0.05, 0) is 35.9 Å². The van der Waals surface area contributed by atoms with Gasteiger partial charge in [0.15, 0.2) is 0 Å². The maximum absolute atomic E-state index is 12.7. The molecule has 0 spiro atoms. The molecule has 3 rings (SSSR count). The van der Waals surface area contributed by atoms with Gasteiger partial charge in [-0.1, -0.05) is 63.2 Å². The molecule has 0 aliphatic carbocycles. The molecule has 2 N–H and O–H groups in total. The third-order valence-electron chi connectivity index (χ3n) is 5.03. The second kappa shape index (κ2) is 11.1. The van der Waals surface area contributed by atoms with Gasteiger partial charge in [-0.25, -0.2) is 0 Å². The quantitative estimate of drug-likeness (QED) is 0.409. The molecule has 0 heterocycles. The monoisotopic (exact) mass is 462 g/mol. The minimum absolute atomic E-state index is 0.0238. The molecule has 5 nitrogen and oxygen atoms in total. The fraction of sp³-hybridized carbons (Fsp3) is 0.259. The zero-order chi connectivity index (χ0) is 23.8. The van der Waals surface area contributed by atoms with Crippen molar-refractivity contribution in [1.29, 1.82) is 0 Å². The lowest BCUT2D eigenvalue weighted by Crippen LogP contribution is -2.27. The van der Waals surface area contributed by atoms with Crippen molar-refractivity contribution in [1.82, 2.24) is 5.32 Å². The van der Waals surface area contributed by atoms with Crippen LogP contribution in [0.1, 0.15) is 42.3 Å². The van der Waals surface area contributed by atoms with Crippen LogP contribution in [0.15, 0.2) is 77.7 Å². The average molecular weight is 463 g/mol. The molecule has 0 saturated carbocycles. The first-order valence-corrected chi connectivity index (χ1v) is 11.8. The van der Waals surface area contributed by atoms with E-state index in [9.17, 15) is 9.59 Å². The first-order valence-electron chi connectivity index (χ1n) is 10.8. The smallest absolute Gasteiger partial charge is 0.251 e. The van der Waals surface area contributed by atoms with Crippen LogP contribution in [-0.4, -0.2) is 18.9 Å². The Hall–Kier alpha value is -3.25. The normalized spacial score (nSPS) is 11.0. The van der Waals surface area contributed by atoms with Crippen molar-refractivity contribution in [3.63, 3.8) is 0 Å². The van der Waals surface area contributed by atoms with Crippen LogP contribution in [0.25, 0.3) is 0 Å². The lowest BCUT2D eigenvalue weighted by Gasteiger charge is -2.19. The maximum Gasteiger partial charge on any atom is 0.251 e. The van der Waals surface area contributed by atoms with Gasteiger partial charge >= 0.3 is 0 Å². The highest BCUT2D eigenvalue weighted by Crippen LogP contribution is 2.31. The predicted molar refractivity (Wildman–Crippen MR) is 135 cm³/mol. The number of rotatable bonds is 8. The lowest BCUT2D eigenvalue weighted by atomic mass is 9.95. The molecule has 172 valence electrons. The van der Waals surface area contributed by atoms with Crippen LogP contribution in [0.5, 0.6) is 5.75 Å². The number of amides is 2. The highest BCUT2D eigenvalue weighted by Gasteiger charge is 2.22. The second-order valence-electron chi connectivity index (χ2n) is 8.68. The molecule has 0 atom stereocenters. The van der Waals surface area contributed by atoms with Gasteiger partial charge in [-0.2, -0.15) is 0 Å². The fourth-order valence-corrected chi connectivity index (χ4v) is 4.05. The number of para-hydroxylation sites is 2. The number of nitrogens with one attached hydrogen (secondary N) is 2. The SMILES string of the molecule is COc1ccccc1CNC(=O)c1cccc(CSc2ccccc2NC(=O)C(C)(C)C)c1. The summed E-state index contributed by atoms with van der Waals surface area (Å²) < 4.78 is 5.35. The highest BCUT2D eigenvalue weighted by molar-refractivity contribution is 7.98. The minimum Gasteiger partial charge on any atom is -0.496 e. The molecule has 0 bridgehead atoms. The van der Waals surface area contributed by atoms with E-state index in [2.05, 4.69) is 10.6 Å². The molecule has 6 heteroatoms. The van der Waals surface area contributed by atoms with Crippen molar-refractivity contribution in [3.05, 3.63) is 89.5 Å². The minimum atomic E-state index is -0.469. The van der Waals surface area contributed by atoms with E-state index in [-0.39, 0.29) is 11.8 Å². The van der Waals surface area contributed by atoms with E-state index in [4.69, 9.17) is 4.74 Å². The summed E-state index contributed by atoms with van der Waals surface area (Å²) in [6.07, 6.45) is 0. The standard InChI is InChI=1S/C27H30N2O3S/c1-27(2,3)26(31)29-22-13-6-8-15-24(22)33-18-19-10-9-12-20(16-19)25(30)28-17-21-11-5-7-14-23(21)32-4/h5-16H,17-18H2,1-4H3,(H,28,30)(H,29,31). The van der Waals surface area contributed by atoms with Crippen molar-refractivity contribution in [2.45, 2.75) is 38.0 Å². The van der Waals surface area contributed by atoms with E-state index in [0.717, 1.165) is 27.5 Å². The maximum atomic E-state index is 12.7. The van der Waals surface area contributed by atoms with Crippen LogP contribution >= 0.6 is 11.8 Å². The Balaban J connectivity index is 1.64. The molecule has 3 aromatic rings. The van der Waals surface area contributed by atoms with Crippen LogP contribution in [0.4, 0.5) is 5.69 Å². The van der Waals surface area contributed by atoms with Gasteiger partial charge in [0.1, 0.15) is 5.75 Å². The molecule has 0 saturated heterocycles. The van der Waals surface area contributed by atoms with Crippen molar-refractivity contribution in [2.75, 3.05) is 12.4 Å². The van der Waals surface area contributed by atoms with Gasteiger partial charge in [0.05, 0.1) is 12.8 Å². The van der Waals surface area contributed by atoms with E-state index in [1.54, 1.807) is 18.9 Å². The first-order chi connectivity index (χ1) is 15.8. The van der Waals surface area contributed by atoms with Crippen molar-refractivity contribution in [2.24, 2.45) is 5.41 Å². The summed E-state index contributed by atoms with van der Waals surface area (Å²) >= 11 is 1.63. The van der Waals surface area contributed by atoms with E-state index < -0.39 is 5.41 Å². The molecule has 0 aliphatic heterocycles. The summed E-state index contributed by atoms with van der Waals surface area (Å²) in [7, 11) is 1.62. The Kier molecular flexibility index (Phi) is 8.17. The van der Waals surface area contributed by atoms with Gasteiger partial charge in [0, 0.05) is 33.7 Å². The molecular weight excluding hydrogens is 432 g/mol. The molecule has 2 amide bonds. The van der Waals surface area contributed by atoms with E-state index in [1.807, 2.05) is 93.6 Å². The van der Waals surface area contributed by atoms with Gasteiger partial charge in [0.2, 0.25) is 5.91 Å². The van der Waals surface area contributed by atoms with Gasteiger partial charge in [-0.15, -0.1) is 11.8 Å². The van der Waals surface area contributed by atoms with Gasteiger partial charge in [-0.3, -0.25) is 9.59 Å². The van der Waals surface area contributed by atoms with Crippen molar-refractivity contribution in [3.8, 4) is 5.75 Å². The Morgan fingerprint density at radius 3 is 2.42 bits per heavy atom. The van der Waals surface area contributed by atoms with Crippen molar-refractivity contribution < 1.29 is 14.3 Å². The third kappa shape index (κ3) is 6.86. The highest BCUT2D eigenvalue weighted by atomic mass is 32.2. The van der Waals surface area contributed by atoms with Crippen molar-refractivity contribution >= 4 is 29.3 Å². The molecule has 0 radical (unpaired) electrons. The number of anilines is 1. The lowest BCUT2D eigenvalue weighted by molar-refractivity contribution is -0.123. The largest absolute Gasteiger partial charge is 0.496 e. The molecule has 0 aromatic heterocycles. The number of carbonyl (C=O) groups excluding carboxylic acids is 2. The van der Waals surface area contributed by atoms with Crippen LogP contribution in [0.3, 0.4) is 0 Å². The summed E-state index contributed by atoms with van der Waals surface area (Å²) in [6, 6.07) is 23.0. The number of thioether (sulfide) groups is 1. The first kappa shape index (κ1) is 24.4. The number of hydrogen-bond acceptors (Lipinski definition) is 4. The molecule has 0 aliphatic rings. The molecule has 33 heavy (non-hydrogen) atoms. The zero-order valence-electron chi connectivity index (χ0n) is 19.5. The van der Waals surface area contributed by atoms with E-state index in [1.165, 1.54) is 0 Å². The van der Waals surface area contributed by atoms with Crippen LogP contribution < -0.4 is 15.4 Å². The van der Waals surface area contributed by atoms with Gasteiger partial charge in [0.25, 0.3) is 5.91 Å². The zero-order valence-corrected chi connectivity index (χ0v) is 20.3. The third-order valence-corrected chi connectivity index (χ3v) is 6.18. The van der Waals surface area contributed by atoms with Crippen LogP contribution in [-0.2, 0) is 17.1 Å². The summed E-state index contributed by atoms with van der Waals surface area (Å²) in [4.78, 5) is 26.1. The number of benzene rings is 3. The Labute approximate surface area is 199 Å². The number of carbonyl (C=O) groups is 2. The Bertz CT molecular complexity index is 1120. The second-order valence-corrected chi connectivity index (χ2v) is 9.70. The predicted octanol–water partition coefficient (Wildman–Crippen LogP) is 5.90. The Morgan fingerprint density at radius 1 is 0.939 bits per heavy atom. The number of methoxy groups -OCH3 is 1. The summed E-state index contributed by atoms with van der Waals surface area (Å²) in [6.45, 7) is 6.07.